The van der Waals surface area contributed by atoms with Crippen LogP contribution in [-0.2, 0) is 15.8 Å². The van der Waals surface area contributed by atoms with Crippen LogP contribution in [0.4, 0.5) is 18.0 Å². The van der Waals surface area contributed by atoms with Crippen molar-refractivity contribution in [3.63, 3.8) is 0 Å². The SMILES string of the molecule is CC[C@@]1(C)NC(=O)N(NC(=O)CSc2nccc(C(F)(F)F)n2)C1=O. The van der Waals surface area contributed by atoms with Crippen LogP contribution in [0.2, 0.25) is 0 Å². The Morgan fingerprint density at radius 1 is 1.44 bits per heavy atom. The number of carbonyl (C=O) groups is 3. The molecule has 12 heteroatoms. The van der Waals surface area contributed by atoms with Crippen molar-refractivity contribution in [2.24, 2.45) is 0 Å². The summed E-state index contributed by atoms with van der Waals surface area (Å²) in [4.78, 5) is 42.6. The van der Waals surface area contributed by atoms with Gasteiger partial charge >= 0.3 is 12.2 Å². The van der Waals surface area contributed by atoms with Crippen LogP contribution in [0, 0.1) is 0 Å². The predicted molar refractivity (Wildman–Crippen MR) is 80.0 cm³/mol. The quantitative estimate of drug-likeness (QED) is 0.456. The van der Waals surface area contributed by atoms with Gasteiger partial charge in [-0.25, -0.2) is 14.8 Å². The molecular weight excluding hydrogens is 363 g/mol. The first-order chi connectivity index (χ1) is 11.6. The number of aromatic nitrogens is 2. The molecule has 2 N–H and O–H groups in total. The minimum absolute atomic E-state index is 0.249. The molecule has 1 fully saturated rings. The van der Waals surface area contributed by atoms with Crippen molar-refractivity contribution in [1.82, 2.24) is 25.7 Å². The van der Waals surface area contributed by atoms with Crippen molar-refractivity contribution < 1.29 is 27.6 Å². The van der Waals surface area contributed by atoms with E-state index < -0.39 is 35.3 Å². The van der Waals surface area contributed by atoms with E-state index in [-0.39, 0.29) is 10.9 Å². The van der Waals surface area contributed by atoms with E-state index in [0.29, 0.717) is 29.3 Å². The molecule has 1 aliphatic rings. The number of halogens is 3. The number of urea groups is 1. The van der Waals surface area contributed by atoms with E-state index in [2.05, 4.69) is 20.7 Å². The molecule has 0 spiro atoms. The standard InChI is InChI=1S/C13H14F3N5O3S/c1-3-12(2)9(23)21(11(24)19-12)20-8(22)6-25-10-17-5-4-7(18-10)13(14,15)16/h4-5H,3,6H2,1-2H3,(H,19,24)(H,20,22)/t12-/m1/s1. The summed E-state index contributed by atoms with van der Waals surface area (Å²) in [7, 11) is 0. The summed E-state index contributed by atoms with van der Waals surface area (Å²) in [5.74, 6) is -1.75. The second kappa shape index (κ2) is 6.86. The summed E-state index contributed by atoms with van der Waals surface area (Å²) in [6.45, 7) is 3.22. The number of nitrogens with zero attached hydrogens (tertiary/aromatic N) is 3. The third-order valence-electron chi connectivity index (χ3n) is 3.46. The molecule has 0 bridgehead atoms. The molecule has 1 aliphatic heterocycles. The molecule has 2 heterocycles. The lowest BCUT2D eigenvalue weighted by Crippen LogP contribution is -2.49. The van der Waals surface area contributed by atoms with Gasteiger partial charge in [-0.3, -0.25) is 15.0 Å². The number of alkyl halides is 3. The molecule has 4 amide bonds. The lowest BCUT2D eigenvalue weighted by Gasteiger charge is -2.19. The fourth-order valence-corrected chi connectivity index (χ4v) is 2.50. The van der Waals surface area contributed by atoms with E-state index in [0.717, 1.165) is 6.20 Å². The third-order valence-corrected chi connectivity index (χ3v) is 4.32. The highest BCUT2D eigenvalue weighted by atomic mass is 32.2. The van der Waals surface area contributed by atoms with Gasteiger partial charge in [0.1, 0.15) is 11.2 Å². The summed E-state index contributed by atoms with van der Waals surface area (Å²) < 4.78 is 37.7. The summed E-state index contributed by atoms with van der Waals surface area (Å²) in [5.41, 5.74) is -0.119. The molecule has 1 saturated heterocycles. The molecule has 0 aliphatic carbocycles. The van der Waals surface area contributed by atoms with Crippen LogP contribution in [0.1, 0.15) is 26.0 Å². The van der Waals surface area contributed by atoms with E-state index in [9.17, 15) is 27.6 Å². The fraction of sp³-hybridized carbons (Fsp3) is 0.462. The minimum Gasteiger partial charge on any atom is -0.322 e. The molecule has 1 aromatic heterocycles. The average molecular weight is 377 g/mol. The van der Waals surface area contributed by atoms with Crippen molar-refractivity contribution in [2.45, 2.75) is 37.1 Å². The molecule has 25 heavy (non-hydrogen) atoms. The van der Waals surface area contributed by atoms with Crippen LogP contribution in [-0.4, -0.2) is 44.1 Å². The molecule has 2 rings (SSSR count). The van der Waals surface area contributed by atoms with Crippen LogP contribution in [0.3, 0.4) is 0 Å². The summed E-state index contributed by atoms with van der Waals surface area (Å²) in [6.07, 6.45) is -3.36. The summed E-state index contributed by atoms with van der Waals surface area (Å²) in [5, 5.41) is 2.75. The molecule has 1 atom stereocenters. The van der Waals surface area contributed by atoms with Gasteiger partial charge in [-0.15, -0.1) is 0 Å². The highest BCUT2D eigenvalue weighted by Crippen LogP contribution is 2.28. The van der Waals surface area contributed by atoms with Crippen LogP contribution < -0.4 is 10.7 Å². The van der Waals surface area contributed by atoms with Crippen molar-refractivity contribution in [3.8, 4) is 0 Å². The molecule has 0 aromatic carbocycles. The molecule has 0 unspecified atom stereocenters. The number of nitrogens with one attached hydrogen (secondary N) is 2. The van der Waals surface area contributed by atoms with Crippen molar-refractivity contribution >= 4 is 29.6 Å². The number of rotatable bonds is 5. The second-order valence-corrected chi connectivity index (χ2v) is 6.24. The topological polar surface area (TPSA) is 104 Å². The van der Waals surface area contributed by atoms with Crippen LogP contribution in [0.25, 0.3) is 0 Å². The Labute approximate surface area is 144 Å². The minimum atomic E-state index is -4.62. The molecule has 8 nitrogen and oxygen atoms in total. The lowest BCUT2D eigenvalue weighted by molar-refractivity contribution is -0.141. The maximum absolute atomic E-state index is 12.6. The van der Waals surface area contributed by atoms with Gasteiger partial charge in [-0.2, -0.15) is 18.2 Å². The first kappa shape index (κ1) is 19.0. The third kappa shape index (κ3) is 4.18. The van der Waals surface area contributed by atoms with Gasteiger partial charge in [-0.1, -0.05) is 18.7 Å². The summed E-state index contributed by atoms with van der Waals surface area (Å²) in [6, 6.07) is -0.0637. The number of hydrogen-bond acceptors (Lipinski definition) is 6. The smallest absolute Gasteiger partial charge is 0.322 e. The number of hydrogen-bond donors (Lipinski definition) is 2. The Balaban J connectivity index is 1.96. The normalized spacial score (nSPS) is 20.6. The highest BCUT2D eigenvalue weighted by Gasteiger charge is 2.47. The van der Waals surface area contributed by atoms with Crippen LogP contribution in [0.5, 0.6) is 0 Å². The second-order valence-electron chi connectivity index (χ2n) is 5.30. The maximum Gasteiger partial charge on any atom is 0.433 e. The van der Waals surface area contributed by atoms with Gasteiger partial charge in [0.15, 0.2) is 5.16 Å². The Morgan fingerprint density at radius 3 is 2.68 bits per heavy atom. The number of imide groups is 1. The van der Waals surface area contributed by atoms with Gasteiger partial charge in [-0.05, 0) is 19.4 Å². The Bertz CT molecular complexity index is 714. The molecule has 0 saturated carbocycles. The first-order valence-corrected chi connectivity index (χ1v) is 8.04. The van der Waals surface area contributed by atoms with E-state index in [1.165, 1.54) is 6.92 Å². The number of carbonyl (C=O) groups excluding carboxylic acids is 3. The highest BCUT2D eigenvalue weighted by molar-refractivity contribution is 7.99. The number of hydrazine groups is 1. The van der Waals surface area contributed by atoms with Gasteiger partial charge in [0.2, 0.25) is 5.91 Å². The Hall–Kier alpha value is -2.37. The molecule has 1 aromatic rings. The number of thioether (sulfide) groups is 1. The van der Waals surface area contributed by atoms with Crippen LogP contribution in [0.15, 0.2) is 17.4 Å². The Kier molecular flexibility index (Phi) is 5.20. The van der Waals surface area contributed by atoms with Gasteiger partial charge in [0.05, 0.1) is 5.75 Å². The van der Waals surface area contributed by atoms with E-state index in [4.69, 9.17) is 0 Å². The largest absolute Gasteiger partial charge is 0.433 e. The maximum atomic E-state index is 12.6. The van der Waals surface area contributed by atoms with Crippen LogP contribution >= 0.6 is 11.8 Å². The zero-order valence-corrected chi connectivity index (χ0v) is 14.0. The zero-order chi connectivity index (χ0) is 18.8. The first-order valence-electron chi connectivity index (χ1n) is 7.06. The molecular formula is C13H14F3N5O3S. The van der Waals surface area contributed by atoms with Crippen molar-refractivity contribution in [2.75, 3.05) is 5.75 Å². The summed E-state index contributed by atoms with van der Waals surface area (Å²) >= 11 is 0.646. The fourth-order valence-electron chi connectivity index (χ4n) is 1.88. The predicted octanol–water partition coefficient (Wildman–Crippen LogP) is 1.34. The van der Waals surface area contributed by atoms with Gasteiger partial charge < -0.3 is 5.32 Å². The lowest BCUT2D eigenvalue weighted by atomic mass is 10.00. The van der Waals surface area contributed by atoms with Crippen molar-refractivity contribution in [3.05, 3.63) is 18.0 Å². The average Bonchev–Trinajstić information content (AvgIpc) is 2.76. The Morgan fingerprint density at radius 2 is 2.12 bits per heavy atom. The zero-order valence-electron chi connectivity index (χ0n) is 13.2. The van der Waals surface area contributed by atoms with Gasteiger partial charge in [0.25, 0.3) is 5.91 Å². The monoisotopic (exact) mass is 377 g/mol. The molecule has 136 valence electrons. The molecule has 0 radical (unpaired) electrons. The van der Waals surface area contributed by atoms with E-state index in [1.807, 2.05) is 0 Å². The van der Waals surface area contributed by atoms with Crippen molar-refractivity contribution in [1.29, 1.82) is 0 Å². The number of amides is 4. The van der Waals surface area contributed by atoms with E-state index in [1.54, 1.807) is 6.92 Å². The van der Waals surface area contributed by atoms with E-state index >= 15 is 0 Å². The van der Waals surface area contributed by atoms with Gasteiger partial charge in [0, 0.05) is 6.20 Å².